The van der Waals surface area contributed by atoms with Crippen molar-refractivity contribution in [1.82, 2.24) is 10.6 Å². The molecule has 1 heterocycles. The molecule has 2 aliphatic rings. The number of alkyl carbamates (subject to hydrolysis) is 1. The van der Waals surface area contributed by atoms with Gasteiger partial charge < -0.3 is 20.5 Å². The Morgan fingerprint density at radius 2 is 2.19 bits per heavy atom. The summed E-state index contributed by atoms with van der Waals surface area (Å²) in [5, 5.41) is 16.4. The number of nitrogens with one attached hydrogen (secondary N) is 2. The van der Waals surface area contributed by atoms with Crippen LogP contribution in [0.25, 0.3) is 0 Å². The molecule has 1 aliphatic carbocycles. The van der Waals surface area contributed by atoms with Gasteiger partial charge in [0.15, 0.2) is 0 Å². The Bertz CT molecular complexity index is 494. The van der Waals surface area contributed by atoms with E-state index in [9.17, 15) is 9.90 Å². The Kier molecular flexibility index (Phi) is 4.12. The van der Waals surface area contributed by atoms with Crippen LogP contribution in [0.3, 0.4) is 0 Å². The highest BCUT2D eigenvalue weighted by Crippen LogP contribution is 2.45. The molecule has 0 aromatic heterocycles. The number of carbonyl (C=O) groups excluding carboxylic acids is 1. The fraction of sp³-hybridized carbons (Fsp3) is 0.562. The molecule has 0 radical (unpaired) electrons. The third-order valence-electron chi connectivity index (χ3n) is 4.88. The first-order valence-corrected chi connectivity index (χ1v) is 7.54. The van der Waals surface area contributed by atoms with Gasteiger partial charge in [-0.25, -0.2) is 4.79 Å². The highest BCUT2D eigenvalue weighted by atomic mass is 16.5. The second-order valence-corrected chi connectivity index (χ2v) is 6.07. The van der Waals surface area contributed by atoms with E-state index in [2.05, 4.69) is 10.6 Å². The molecule has 1 aromatic rings. The smallest absolute Gasteiger partial charge is 0.407 e. The van der Waals surface area contributed by atoms with Crippen LogP contribution < -0.4 is 10.6 Å². The van der Waals surface area contributed by atoms with Crippen LogP contribution >= 0.6 is 0 Å². The number of amides is 1. The number of hydrogen-bond acceptors (Lipinski definition) is 4. The molecule has 3 N–H and O–H groups in total. The topological polar surface area (TPSA) is 70.6 Å². The molecule has 5 heteroatoms. The molecule has 1 aromatic carbocycles. The molecule has 5 nitrogen and oxygen atoms in total. The van der Waals surface area contributed by atoms with Gasteiger partial charge in [-0.2, -0.15) is 0 Å². The fourth-order valence-electron chi connectivity index (χ4n) is 3.59. The third kappa shape index (κ3) is 2.89. The molecule has 114 valence electrons. The summed E-state index contributed by atoms with van der Waals surface area (Å²) in [6, 6.07) is 9.60. The van der Waals surface area contributed by atoms with E-state index in [0.29, 0.717) is 12.5 Å². The van der Waals surface area contributed by atoms with Crippen LogP contribution in [0, 0.1) is 11.3 Å². The van der Waals surface area contributed by atoms with E-state index in [1.807, 2.05) is 30.3 Å². The summed E-state index contributed by atoms with van der Waals surface area (Å²) in [4.78, 5) is 11.8. The molecule has 1 amide bonds. The number of benzene rings is 1. The average Bonchev–Trinajstić information content (AvgIpc) is 3.05. The molecule has 21 heavy (non-hydrogen) atoms. The standard InChI is InChI=1S/C16H22N2O3/c19-14-7-6-13-8-17-10-16(13,14)11-18-15(20)21-9-12-4-2-1-3-5-12/h1-5,13-14,17,19H,6-11H2,(H,18,20)/t13-,14?,16-/m1/s1. The number of rotatable bonds is 4. The van der Waals surface area contributed by atoms with Crippen LogP contribution in [0.2, 0.25) is 0 Å². The maximum absolute atomic E-state index is 11.8. The first kappa shape index (κ1) is 14.4. The molecule has 1 saturated heterocycles. The minimum atomic E-state index is -0.419. The van der Waals surface area contributed by atoms with E-state index in [1.165, 1.54) is 0 Å². The van der Waals surface area contributed by atoms with Gasteiger partial charge in [-0.1, -0.05) is 30.3 Å². The maximum Gasteiger partial charge on any atom is 0.407 e. The van der Waals surface area contributed by atoms with Gasteiger partial charge in [0.25, 0.3) is 0 Å². The van der Waals surface area contributed by atoms with Gasteiger partial charge in [0.05, 0.1) is 6.10 Å². The van der Waals surface area contributed by atoms with Crippen LogP contribution in [-0.4, -0.2) is 36.9 Å². The number of ether oxygens (including phenoxy) is 1. The Balaban J connectivity index is 1.49. The van der Waals surface area contributed by atoms with Gasteiger partial charge in [-0.15, -0.1) is 0 Å². The van der Waals surface area contributed by atoms with E-state index in [1.54, 1.807) is 0 Å². The lowest BCUT2D eigenvalue weighted by Gasteiger charge is -2.32. The molecule has 0 bridgehead atoms. The van der Waals surface area contributed by atoms with Crippen molar-refractivity contribution in [3.05, 3.63) is 35.9 Å². The Morgan fingerprint density at radius 3 is 3.00 bits per heavy atom. The van der Waals surface area contributed by atoms with Gasteiger partial charge in [-0.05, 0) is 30.9 Å². The maximum atomic E-state index is 11.8. The molecule has 3 rings (SSSR count). The van der Waals surface area contributed by atoms with E-state index in [0.717, 1.165) is 31.5 Å². The van der Waals surface area contributed by atoms with E-state index in [4.69, 9.17) is 4.74 Å². The lowest BCUT2D eigenvalue weighted by molar-refractivity contribution is 0.0473. The monoisotopic (exact) mass is 290 g/mol. The molecule has 3 atom stereocenters. The minimum Gasteiger partial charge on any atom is -0.445 e. The molecular formula is C16H22N2O3. The Hall–Kier alpha value is -1.59. The zero-order valence-electron chi connectivity index (χ0n) is 12.0. The predicted molar refractivity (Wildman–Crippen MR) is 78.7 cm³/mol. The summed E-state index contributed by atoms with van der Waals surface area (Å²) in [5.74, 6) is 0.446. The lowest BCUT2D eigenvalue weighted by atomic mass is 9.79. The summed E-state index contributed by atoms with van der Waals surface area (Å²) in [5.41, 5.74) is 0.748. The van der Waals surface area contributed by atoms with Gasteiger partial charge in [0, 0.05) is 18.5 Å². The summed E-state index contributed by atoms with van der Waals surface area (Å²) < 4.78 is 5.22. The molecule has 0 spiro atoms. The molecular weight excluding hydrogens is 268 g/mol. The third-order valence-corrected chi connectivity index (χ3v) is 4.88. The van der Waals surface area contributed by atoms with Gasteiger partial charge in [0.2, 0.25) is 0 Å². The average molecular weight is 290 g/mol. The molecule has 1 aliphatic heterocycles. The fourth-order valence-corrected chi connectivity index (χ4v) is 3.59. The molecule has 2 fully saturated rings. The number of hydrogen-bond donors (Lipinski definition) is 3. The van der Waals surface area contributed by atoms with E-state index in [-0.39, 0.29) is 18.1 Å². The quantitative estimate of drug-likeness (QED) is 0.781. The first-order chi connectivity index (χ1) is 10.2. The van der Waals surface area contributed by atoms with Crippen molar-refractivity contribution in [2.75, 3.05) is 19.6 Å². The van der Waals surface area contributed by atoms with Crippen LogP contribution in [0.15, 0.2) is 30.3 Å². The lowest BCUT2D eigenvalue weighted by Crippen LogP contribution is -2.47. The second-order valence-electron chi connectivity index (χ2n) is 6.07. The van der Waals surface area contributed by atoms with Gasteiger partial charge >= 0.3 is 6.09 Å². The number of aliphatic hydroxyl groups excluding tert-OH is 1. The van der Waals surface area contributed by atoms with Crippen molar-refractivity contribution in [1.29, 1.82) is 0 Å². The number of fused-ring (bicyclic) bond motifs is 1. The second kappa shape index (κ2) is 6.03. The van der Waals surface area contributed by atoms with Crippen LogP contribution in [0.1, 0.15) is 18.4 Å². The largest absolute Gasteiger partial charge is 0.445 e. The van der Waals surface area contributed by atoms with E-state index < -0.39 is 6.09 Å². The normalized spacial score (nSPS) is 30.9. The van der Waals surface area contributed by atoms with Crippen molar-refractivity contribution in [3.63, 3.8) is 0 Å². The number of aliphatic hydroxyl groups is 1. The van der Waals surface area contributed by atoms with Crippen molar-refractivity contribution in [2.24, 2.45) is 11.3 Å². The van der Waals surface area contributed by atoms with Gasteiger partial charge in [0.1, 0.15) is 6.61 Å². The minimum absolute atomic E-state index is 0.217. The van der Waals surface area contributed by atoms with Crippen LogP contribution in [-0.2, 0) is 11.3 Å². The summed E-state index contributed by atoms with van der Waals surface area (Å²) in [7, 11) is 0. The van der Waals surface area contributed by atoms with Gasteiger partial charge in [-0.3, -0.25) is 0 Å². The molecule has 1 saturated carbocycles. The van der Waals surface area contributed by atoms with Crippen LogP contribution in [0.5, 0.6) is 0 Å². The zero-order valence-corrected chi connectivity index (χ0v) is 12.0. The van der Waals surface area contributed by atoms with Crippen molar-refractivity contribution in [2.45, 2.75) is 25.6 Å². The summed E-state index contributed by atoms with van der Waals surface area (Å²) in [6.07, 6.45) is 1.09. The zero-order chi connectivity index (χ0) is 14.7. The number of carbonyl (C=O) groups is 1. The Morgan fingerprint density at radius 1 is 1.38 bits per heavy atom. The van der Waals surface area contributed by atoms with Crippen molar-refractivity contribution < 1.29 is 14.6 Å². The van der Waals surface area contributed by atoms with Crippen molar-refractivity contribution in [3.8, 4) is 0 Å². The first-order valence-electron chi connectivity index (χ1n) is 7.54. The SMILES string of the molecule is O=C(NC[C@]12CNC[C@H]1CCC2O)OCc1ccccc1. The highest BCUT2D eigenvalue weighted by Gasteiger charge is 2.52. The predicted octanol–water partition coefficient (Wildman–Crippen LogP) is 1.27. The summed E-state index contributed by atoms with van der Waals surface area (Å²) >= 11 is 0. The Labute approximate surface area is 124 Å². The van der Waals surface area contributed by atoms with E-state index >= 15 is 0 Å². The van der Waals surface area contributed by atoms with Crippen LogP contribution in [0.4, 0.5) is 4.79 Å². The molecule has 1 unspecified atom stereocenters. The van der Waals surface area contributed by atoms with Crippen molar-refractivity contribution >= 4 is 6.09 Å². The highest BCUT2D eigenvalue weighted by molar-refractivity contribution is 5.67. The summed E-state index contributed by atoms with van der Waals surface area (Å²) in [6.45, 7) is 2.43.